The van der Waals surface area contributed by atoms with E-state index in [0.717, 1.165) is 23.9 Å². The molecule has 1 heterocycles. The summed E-state index contributed by atoms with van der Waals surface area (Å²) >= 11 is 1.67. The van der Waals surface area contributed by atoms with E-state index in [9.17, 15) is 5.26 Å². The van der Waals surface area contributed by atoms with E-state index in [1.165, 1.54) is 12.8 Å². The van der Waals surface area contributed by atoms with Crippen molar-refractivity contribution in [2.45, 2.75) is 36.9 Å². The lowest BCUT2D eigenvalue weighted by Crippen LogP contribution is -2.48. The van der Waals surface area contributed by atoms with Crippen molar-refractivity contribution < 1.29 is 0 Å². The van der Waals surface area contributed by atoms with Crippen molar-refractivity contribution in [2.75, 3.05) is 12.3 Å². The number of hydrogen-bond donors (Lipinski definition) is 1. The second-order valence-electron chi connectivity index (χ2n) is 4.89. The van der Waals surface area contributed by atoms with Crippen LogP contribution >= 0.6 is 11.8 Å². The van der Waals surface area contributed by atoms with E-state index in [1.54, 1.807) is 18.0 Å². The molecule has 18 heavy (non-hydrogen) atoms. The SMILES string of the molecule is CCCNC(C#N)(CSc1nccn1C)C1CC1. The number of imidazole rings is 1. The van der Waals surface area contributed by atoms with E-state index in [2.05, 4.69) is 23.3 Å². The lowest BCUT2D eigenvalue weighted by molar-refractivity contribution is 0.405. The first kappa shape index (κ1) is 13.4. The van der Waals surface area contributed by atoms with Crippen LogP contribution in [0.25, 0.3) is 0 Å². The van der Waals surface area contributed by atoms with Gasteiger partial charge in [-0.2, -0.15) is 5.26 Å². The van der Waals surface area contributed by atoms with Crippen LogP contribution in [0, 0.1) is 17.2 Å². The first-order valence-corrected chi connectivity index (χ1v) is 7.47. The van der Waals surface area contributed by atoms with Crippen LogP contribution in [0.4, 0.5) is 0 Å². The molecule has 0 saturated heterocycles. The van der Waals surface area contributed by atoms with Gasteiger partial charge in [-0.25, -0.2) is 4.98 Å². The summed E-state index contributed by atoms with van der Waals surface area (Å²) in [5.41, 5.74) is -0.368. The summed E-state index contributed by atoms with van der Waals surface area (Å²) in [5, 5.41) is 14.0. The van der Waals surface area contributed by atoms with Crippen LogP contribution < -0.4 is 5.32 Å². The highest BCUT2D eigenvalue weighted by Gasteiger charge is 2.45. The molecule has 1 unspecified atom stereocenters. The van der Waals surface area contributed by atoms with Gasteiger partial charge in [0, 0.05) is 25.2 Å². The fourth-order valence-corrected chi connectivity index (χ4v) is 3.23. The van der Waals surface area contributed by atoms with E-state index in [-0.39, 0.29) is 5.54 Å². The highest BCUT2D eigenvalue weighted by atomic mass is 32.2. The predicted molar refractivity (Wildman–Crippen MR) is 73.3 cm³/mol. The number of hydrogen-bond acceptors (Lipinski definition) is 4. The molecule has 0 radical (unpaired) electrons. The van der Waals surface area contributed by atoms with Gasteiger partial charge in [0.05, 0.1) is 6.07 Å². The minimum atomic E-state index is -0.368. The van der Waals surface area contributed by atoms with Gasteiger partial charge in [-0.15, -0.1) is 0 Å². The molecule has 1 aliphatic rings. The molecule has 0 amide bonds. The molecule has 0 spiro atoms. The van der Waals surface area contributed by atoms with Crippen molar-refractivity contribution in [3.63, 3.8) is 0 Å². The van der Waals surface area contributed by atoms with Gasteiger partial charge in [0.25, 0.3) is 0 Å². The van der Waals surface area contributed by atoms with E-state index >= 15 is 0 Å². The van der Waals surface area contributed by atoms with Crippen molar-refractivity contribution >= 4 is 11.8 Å². The number of thioether (sulfide) groups is 1. The Bertz CT molecular complexity index is 432. The Morgan fingerprint density at radius 3 is 2.94 bits per heavy atom. The Labute approximate surface area is 113 Å². The maximum Gasteiger partial charge on any atom is 0.167 e. The van der Waals surface area contributed by atoms with Crippen LogP contribution in [-0.4, -0.2) is 27.4 Å². The summed E-state index contributed by atoms with van der Waals surface area (Å²) in [7, 11) is 1.99. The average Bonchev–Trinajstić information content (AvgIpc) is 3.15. The fraction of sp³-hybridized carbons (Fsp3) is 0.692. The number of nitrogens with one attached hydrogen (secondary N) is 1. The summed E-state index contributed by atoms with van der Waals surface area (Å²) < 4.78 is 2.00. The molecule has 1 atom stereocenters. The minimum Gasteiger partial charge on any atom is -0.329 e. The Morgan fingerprint density at radius 2 is 2.44 bits per heavy atom. The number of nitrogens with zero attached hydrogens (tertiary/aromatic N) is 3. The number of aryl methyl sites for hydroxylation is 1. The molecular formula is C13H20N4S. The standard InChI is InChI=1S/C13H20N4S/c1-3-6-16-13(9-14,11-4-5-11)10-18-12-15-7-8-17(12)2/h7-8,11,16H,3-6,10H2,1-2H3. The van der Waals surface area contributed by atoms with E-state index in [1.807, 2.05) is 17.8 Å². The summed E-state index contributed by atoms with van der Waals surface area (Å²) in [4.78, 5) is 4.30. The zero-order valence-corrected chi connectivity index (χ0v) is 11.8. The Balaban J connectivity index is 2.01. The maximum absolute atomic E-state index is 9.56. The second-order valence-corrected chi connectivity index (χ2v) is 5.84. The van der Waals surface area contributed by atoms with Gasteiger partial charge >= 0.3 is 0 Å². The van der Waals surface area contributed by atoms with Crippen LogP contribution in [0.15, 0.2) is 17.6 Å². The lowest BCUT2D eigenvalue weighted by Gasteiger charge is -2.27. The van der Waals surface area contributed by atoms with Gasteiger partial charge < -0.3 is 4.57 Å². The molecule has 1 fully saturated rings. The van der Waals surface area contributed by atoms with Crippen LogP contribution in [-0.2, 0) is 7.05 Å². The molecule has 1 N–H and O–H groups in total. The minimum absolute atomic E-state index is 0.368. The average molecular weight is 264 g/mol. The highest BCUT2D eigenvalue weighted by Crippen LogP contribution is 2.41. The Hall–Kier alpha value is -0.990. The first-order chi connectivity index (χ1) is 8.72. The summed E-state index contributed by atoms with van der Waals surface area (Å²) in [6.45, 7) is 3.04. The Kier molecular flexibility index (Phi) is 4.31. The van der Waals surface area contributed by atoms with E-state index in [0.29, 0.717) is 5.92 Å². The van der Waals surface area contributed by atoms with Crippen LogP contribution in [0.2, 0.25) is 0 Å². The predicted octanol–water partition coefficient (Wildman–Crippen LogP) is 2.18. The highest BCUT2D eigenvalue weighted by molar-refractivity contribution is 7.99. The van der Waals surface area contributed by atoms with Crippen LogP contribution in [0.3, 0.4) is 0 Å². The van der Waals surface area contributed by atoms with Crippen LogP contribution in [0.1, 0.15) is 26.2 Å². The van der Waals surface area contributed by atoms with Crippen molar-refractivity contribution in [3.05, 3.63) is 12.4 Å². The van der Waals surface area contributed by atoms with Crippen molar-refractivity contribution in [1.29, 1.82) is 5.26 Å². The molecule has 1 aromatic heterocycles. The molecule has 5 heteroatoms. The third kappa shape index (κ3) is 2.88. The van der Waals surface area contributed by atoms with Crippen molar-refractivity contribution in [3.8, 4) is 6.07 Å². The monoisotopic (exact) mass is 264 g/mol. The van der Waals surface area contributed by atoms with E-state index < -0.39 is 0 Å². The topological polar surface area (TPSA) is 53.6 Å². The van der Waals surface area contributed by atoms with Gasteiger partial charge in [0.2, 0.25) is 0 Å². The number of nitriles is 1. The van der Waals surface area contributed by atoms with Gasteiger partial charge in [-0.05, 0) is 31.7 Å². The summed E-state index contributed by atoms with van der Waals surface area (Å²) in [5.74, 6) is 1.29. The van der Waals surface area contributed by atoms with Crippen molar-refractivity contribution in [1.82, 2.24) is 14.9 Å². The van der Waals surface area contributed by atoms with Gasteiger partial charge in [-0.1, -0.05) is 18.7 Å². The zero-order chi connectivity index (χ0) is 13.0. The molecule has 0 aromatic carbocycles. The molecule has 1 aromatic rings. The Morgan fingerprint density at radius 1 is 1.67 bits per heavy atom. The normalized spacial score (nSPS) is 18.3. The fourth-order valence-electron chi connectivity index (χ4n) is 2.07. The number of rotatable bonds is 7. The summed E-state index contributed by atoms with van der Waals surface area (Å²) in [6.07, 6.45) is 7.14. The molecule has 98 valence electrons. The molecule has 4 nitrogen and oxygen atoms in total. The lowest BCUT2D eigenvalue weighted by atomic mass is 9.97. The molecular weight excluding hydrogens is 244 g/mol. The smallest absolute Gasteiger partial charge is 0.167 e. The third-order valence-corrected chi connectivity index (χ3v) is 4.62. The van der Waals surface area contributed by atoms with Crippen molar-refractivity contribution in [2.24, 2.45) is 13.0 Å². The second kappa shape index (κ2) is 5.77. The third-order valence-electron chi connectivity index (χ3n) is 3.37. The zero-order valence-electron chi connectivity index (χ0n) is 11.0. The molecule has 0 aliphatic heterocycles. The van der Waals surface area contributed by atoms with Gasteiger partial charge in [-0.3, -0.25) is 5.32 Å². The number of aromatic nitrogens is 2. The first-order valence-electron chi connectivity index (χ1n) is 6.48. The van der Waals surface area contributed by atoms with Gasteiger partial charge in [0.1, 0.15) is 5.54 Å². The molecule has 1 saturated carbocycles. The summed E-state index contributed by atoms with van der Waals surface area (Å²) in [6, 6.07) is 2.53. The largest absolute Gasteiger partial charge is 0.329 e. The maximum atomic E-state index is 9.56. The van der Waals surface area contributed by atoms with Crippen LogP contribution in [0.5, 0.6) is 0 Å². The molecule has 1 aliphatic carbocycles. The quantitative estimate of drug-likeness (QED) is 0.767. The molecule has 2 rings (SSSR count). The van der Waals surface area contributed by atoms with E-state index in [4.69, 9.17) is 0 Å². The van der Waals surface area contributed by atoms with Gasteiger partial charge in [0.15, 0.2) is 5.16 Å². The molecule has 0 bridgehead atoms.